The van der Waals surface area contributed by atoms with Gasteiger partial charge in [-0.25, -0.2) is 0 Å². The van der Waals surface area contributed by atoms with Crippen molar-refractivity contribution in [2.24, 2.45) is 0 Å². The predicted molar refractivity (Wildman–Crippen MR) is 165 cm³/mol. The molecule has 0 spiro atoms. The van der Waals surface area contributed by atoms with Gasteiger partial charge >= 0.3 is 0 Å². The number of rotatable bonds is 3. The maximum absolute atomic E-state index is 10.3. The van der Waals surface area contributed by atoms with E-state index in [4.69, 9.17) is 0 Å². The third kappa shape index (κ3) is 3.17. The molecule has 0 amide bonds. The number of fused-ring (bicyclic) bond motifs is 6. The van der Waals surface area contributed by atoms with Gasteiger partial charge < -0.3 is 9.13 Å². The normalized spacial score (nSPS) is 11.5. The smallest absolute Gasteiger partial charge is 0.0998 e. The number of hydrogen-bond donors (Lipinski definition) is 0. The van der Waals surface area contributed by atoms with Crippen LogP contribution in [0.1, 0.15) is 5.56 Å². The predicted octanol–water partition coefficient (Wildman–Crippen LogP) is 9.42. The fourth-order valence-electron chi connectivity index (χ4n) is 6.29. The van der Waals surface area contributed by atoms with Crippen LogP contribution < -0.4 is 0 Å². The van der Waals surface area contributed by atoms with Crippen molar-refractivity contribution in [1.29, 1.82) is 5.26 Å². The molecule has 0 atom stereocenters. The van der Waals surface area contributed by atoms with E-state index in [1.165, 1.54) is 16.3 Å². The van der Waals surface area contributed by atoms with Gasteiger partial charge in [-0.2, -0.15) is 5.26 Å². The van der Waals surface area contributed by atoms with Crippen LogP contribution in [-0.4, -0.2) is 9.13 Å². The number of nitriles is 1. The molecule has 0 aliphatic carbocycles. The number of nitrogens with zero attached hydrogens (tertiary/aromatic N) is 3. The molecular formula is C37H23N3. The summed E-state index contributed by atoms with van der Waals surface area (Å²) >= 11 is 0. The molecule has 2 heterocycles. The SMILES string of the molecule is N#Cc1ccc2c(c1-c1ccc3c(c1)c1ccccc1n3-c1ccccc1)c1ccccc1n2-c1ccccc1. The zero-order chi connectivity index (χ0) is 26.6. The first-order chi connectivity index (χ1) is 19.8. The maximum Gasteiger partial charge on any atom is 0.0998 e. The Bertz CT molecular complexity index is 2260. The first-order valence-electron chi connectivity index (χ1n) is 13.4. The molecule has 0 saturated carbocycles. The van der Waals surface area contributed by atoms with E-state index in [0.717, 1.165) is 49.8 Å². The van der Waals surface area contributed by atoms with Crippen LogP contribution in [0, 0.1) is 11.3 Å². The van der Waals surface area contributed by atoms with E-state index in [9.17, 15) is 5.26 Å². The van der Waals surface area contributed by atoms with Crippen LogP contribution in [0.2, 0.25) is 0 Å². The maximum atomic E-state index is 10.3. The van der Waals surface area contributed by atoms with E-state index >= 15 is 0 Å². The van der Waals surface area contributed by atoms with Gasteiger partial charge in [0.15, 0.2) is 0 Å². The zero-order valence-corrected chi connectivity index (χ0v) is 21.6. The quantitative estimate of drug-likeness (QED) is 0.233. The minimum atomic E-state index is 0.676. The van der Waals surface area contributed by atoms with E-state index in [-0.39, 0.29) is 0 Å². The molecule has 0 bridgehead atoms. The minimum absolute atomic E-state index is 0.676. The fraction of sp³-hybridized carbons (Fsp3) is 0. The average Bonchev–Trinajstić information content (AvgIpc) is 3.54. The monoisotopic (exact) mass is 509 g/mol. The summed E-state index contributed by atoms with van der Waals surface area (Å²) in [6.07, 6.45) is 0. The summed E-state index contributed by atoms with van der Waals surface area (Å²) in [4.78, 5) is 0. The number of hydrogen-bond acceptors (Lipinski definition) is 1. The van der Waals surface area contributed by atoms with E-state index < -0.39 is 0 Å². The second-order valence-corrected chi connectivity index (χ2v) is 10.1. The lowest BCUT2D eigenvalue weighted by Gasteiger charge is -2.11. The molecule has 2 aromatic heterocycles. The molecule has 3 heteroatoms. The van der Waals surface area contributed by atoms with Crippen molar-refractivity contribution in [1.82, 2.24) is 9.13 Å². The Balaban J connectivity index is 1.48. The Morgan fingerprint density at radius 1 is 0.450 bits per heavy atom. The van der Waals surface area contributed by atoms with Crippen LogP contribution in [0.5, 0.6) is 0 Å². The standard InChI is InChI=1S/C37H23N3/c38-24-26-20-22-35-37(30-16-8-10-18-33(30)40(35)28-13-5-2-6-14-28)36(26)25-19-21-34-31(23-25)29-15-7-9-17-32(29)39(34)27-11-3-1-4-12-27/h1-23H. The molecule has 0 aliphatic rings. The van der Waals surface area contributed by atoms with Crippen LogP contribution in [0.4, 0.5) is 0 Å². The van der Waals surface area contributed by atoms with Crippen molar-refractivity contribution < 1.29 is 0 Å². The highest BCUT2D eigenvalue weighted by Gasteiger charge is 2.20. The summed E-state index contributed by atoms with van der Waals surface area (Å²) in [6, 6.07) is 51.2. The molecule has 0 aliphatic heterocycles. The van der Waals surface area contributed by atoms with Crippen molar-refractivity contribution in [3.63, 3.8) is 0 Å². The molecule has 8 rings (SSSR count). The van der Waals surface area contributed by atoms with Gasteiger partial charge in [0.1, 0.15) is 0 Å². The van der Waals surface area contributed by atoms with Gasteiger partial charge in [-0.15, -0.1) is 0 Å². The van der Waals surface area contributed by atoms with Gasteiger partial charge in [0, 0.05) is 38.5 Å². The highest BCUT2D eigenvalue weighted by Crippen LogP contribution is 2.42. The minimum Gasteiger partial charge on any atom is -0.309 e. The van der Waals surface area contributed by atoms with Crippen LogP contribution in [0.25, 0.3) is 66.1 Å². The fourth-order valence-corrected chi connectivity index (χ4v) is 6.29. The summed E-state index contributed by atoms with van der Waals surface area (Å²) in [5.41, 5.74) is 9.46. The molecule has 40 heavy (non-hydrogen) atoms. The Morgan fingerprint density at radius 2 is 0.975 bits per heavy atom. The molecule has 6 aromatic carbocycles. The van der Waals surface area contributed by atoms with Crippen LogP contribution in [0.3, 0.4) is 0 Å². The van der Waals surface area contributed by atoms with E-state index in [0.29, 0.717) is 5.56 Å². The van der Waals surface area contributed by atoms with Gasteiger partial charge in [0.05, 0.1) is 33.7 Å². The van der Waals surface area contributed by atoms with Crippen molar-refractivity contribution in [3.8, 4) is 28.6 Å². The molecule has 3 nitrogen and oxygen atoms in total. The van der Waals surface area contributed by atoms with Gasteiger partial charge in [-0.3, -0.25) is 0 Å². The lowest BCUT2D eigenvalue weighted by Crippen LogP contribution is -1.94. The van der Waals surface area contributed by atoms with E-state index in [1.54, 1.807) is 0 Å². The van der Waals surface area contributed by atoms with Crippen LogP contribution in [0.15, 0.2) is 140 Å². The molecule has 8 aromatic rings. The number of benzene rings is 6. The second kappa shape index (κ2) is 8.73. The third-order valence-corrected chi connectivity index (χ3v) is 7.95. The van der Waals surface area contributed by atoms with Crippen molar-refractivity contribution in [2.75, 3.05) is 0 Å². The highest BCUT2D eigenvalue weighted by molar-refractivity contribution is 6.18. The Morgan fingerprint density at radius 3 is 1.65 bits per heavy atom. The molecule has 0 fully saturated rings. The molecule has 0 radical (unpaired) electrons. The second-order valence-electron chi connectivity index (χ2n) is 10.1. The summed E-state index contributed by atoms with van der Waals surface area (Å²) in [5, 5.41) is 14.9. The van der Waals surface area contributed by atoms with Gasteiger partial charge in [0.2, 0.25) is 0 Å². The lowest BCUT2D eigenvalue weighted by atomic mass is 9.93. The van der Waals surface area contributed by atoms with E-state index in [1.807, 2.05) is 18.2 Å². The van der Waals surface area contributed by atoms with Crippen molar-refractivity contribution in [2.45, 2.75) is 0 Å². The van der Waals surface area contributed by atoms with Crippen molar-refractivity contribution >= 4 is 43.6 Å². The Kier molecular flexibility index (Phi) is 4.89. The first kappa shape index (κ1) is 22.4. The summed E-state index contributed by atoms with van der Waals surface area (Å²) in [5.74, 6) is 0. The topological polar surface area (TPSA) is 33.6 Å². The lowest BCUT2D eigenvalue weighted by molar-refractivity contribution is 1.18. The summed E-state index contributed by atoms with van der Waals surface area (Å²) < 4.78 is 4.62. The average molecular weight is 510 g/mol. The van der Waals surface area contributed by atoms with Crippen LogP contribution in [-0.2, 0) is 0 Å². The third-order valence-electron chi connectivity index (χ3n) is 7.95. The number of para-hydroxylation sites is 4. The largest absolute Gasteiger partial charge is 0.309 e. The van der Waals surface area contributed by atoms with Gasteiger partial charge in [-0.05, 0) is 66.2 Å². The van der Waals surface area contributed by atoms with Gasteiger partial charge in [-0.1, -0.05) is 78.9 Å². The molecule has 0 N–H and O–H groups in total. The first-order valence-corrected chi connectivity index (χ1v) is 13.4. The van der Waals surface area contributed by atoms with E-state index in [2.05, 4.69) is 137 Å². The molecule has 0 unspecified atom stereocenters. The Labute approximate surface area is 231 Å². The summed E-state index contributed by atoms with van der Waals surface area (Å²) in [6.45, 7) is 0. The Hall–Kier alpha value is -5.59. The van der Waals surface area contributed by atoms with Gasteiger partial charge in [0.25, 0.3) is 0 Å². The zero-order valence-electron chi connectivity index (χ0n) is 21.6. The summed E-state index contributed by atoms with van der Waals surface area (Å²) in [7, 11) is 0. The van der Waals surface area contributed by atoms with Crippen molar-refractivity contribution in [3.05, 3.63) is 145 Å². The molecule has 0 saturated heterocycles. The van der Waals surface area contributed by atoms with Crippen LogP contribution >= 0.6 is 0 Å². The highest BCUT2D eigenvalue weighted by atomic mass is 15.0. The molecule has 186 valence electrons. The molecular weight excluding hydrogens is 486 g/mol. The number of aromatic nitrogens is 2.